The van der Waals surface area contributed by atoms with Crippen molar-refractivity contribution in [3.05, 3.63) is 0 Å². The van der Waals surface area contributed by atoms with E-state index >= 15 is 0 Å². The van der Waals surface area contributed by atoms with Gasteiger partial charge in [0.15, 0.2) is 5.92 Å². The second kappa shape index (κ2) is 10.8. The number of ether oxygens (including phenoxy) is 2. The standard InChI is InChI=1S/C14H27O7P/c1-6-18-13(15)12(14(16)19-7-2)10-11(5)22(17,20-8-3)21-9-4/h11-12H,6-10H2,1-5H3. The van der Waals surface area contributed by atoms with E-state index in [1.807, 2.05) is 0 Å². The Morgan fingerprint density at radius 1 is 0.864 bits per heavy atom. The third-order valence-corrected chi connectivity index (χ3v) is 5.40. The highest BCUT2D eigenvalue weighted by Crippen LogP contribution is 2.54. The molecule has 0 aliphatic carbocycles. The van der Waals surface area contributed by atoms with Gasteiger partial charge in [-0.3, -0.25) is 14.2 Å². The van der Waals surface area contributed by atoms with Crippen molar-refractivity contribution >= 4 is 19.5 Å². The third-order valence-electron chi connectivity index (χ3n) is 2.88. The summed E-state index contributed by atoms with van der Waals surface area (Å²) in [5.41, 5.74) is -0.633. The Bertz CT molecular complexity index is 369. The van der Waals surface area contributed by atoms with E-state index in [1.165, 1.54) is 0 Å². The number of carbonyl (C=O) groups is 2. The van der Waals surface area contributed by atoms with Crippen molar-refractivity contribution in [2.75, 3.05) is 26.4 Å². The van der Waals surface area contributed by atoms with Crippen molar-refractivity contribution in [1.82, 2.24) is 0 Å². The molecule has 0 N–H and O–H groups in total. The number of esters is 2. The monoisotopic (exact) mass is 338 g/mol. The number of rotatable bonds is 11. The van der Waals surface area contributed by atoms with E-state index in [4.69, 9.17) is 18.5 Å². The maximum atomic E-state index is 12.7. The maximum Gasteiger partial charge on any atom is 0.333 e. The predicted octanol–water partition coefficient (Wildman–Crippen LogP) is 2.77. The Morgan fingerprint density at radius 3 is 1.59 bits per heavy atom. The van der Waals surface area contributed by atoms with E-state index < -0.39 is 31.1 Å². The molecule has 0 spiro atoms. The van der Waals surface area contributed by atoms with Gasteiger partial charge in [-0.25, -0.2) is 0 Å². The molecule has 22 heavy (non-hydrogen) atoms. The molecule has 0 heterocycles. The van der Waals surface area contributed by atoms with Crippen LogP contribution in [0.15, 0.2) is 0 Å². The summed E-state index contributed by atoms with van der Waals surface area (Å²) in [5.74, 6) is -2.51. The highest BCUT2D eigenvalue weighted by Gasteiger charge is 2.39. The average molecular weight is 338 g/mol. The fourth-order valence-electron chi connectivity index (χ4n) is 1.90. The smallest absolute Gasteiger partial charge is 0.333 e. The normalized spacial score (nSPS) is 13.0. The number of carbonyl (C=O) groups excluding carboxylic acids is 2. The Hall–Kier alpha value is -0.910. The Labute approximate surface area is 132 Å². The van der Waals surface area contributed by atoms with Gasteiger partial charge in [0.05, 0.1) is 32.1 Å². The van der Waals surface area contributed by atoms with Crippen LogP contribution in [0.25, 0.3) is 0 Å². The lowest BCUT2D eigenvalue weighted by molar-refractivity contribution is -0.161. The number of hydrogen-bond donors (Lipinski definition) is 0. The van der Waals surface area contributed by atoms with Gasteiger partial charge in [-0.15, -0.1) is 0 Å². The molecule has 0 aromatic rings. The first-order valence-corrected chi connectivity index (χ1v) is 9.19. The molecule has 0 aliphatic heterocycles. The van der Waals surface area contributed by atoms with Crippen LogP contribution in [0.3, 0.4) is 0 Å². The van der Waals surface area contributed by atoms with E-state index in [0.717, 1.165) is 0 Å². The maximum absolute atomic E-state index is 12.7. The van der Waals surface area contributed by atoms with E-state index in [0.29, 0.717) is 0 Å². The quantitative estimate of drug-likeness (QED) is 0.325. The first kappa shape index (κ1) is 21.1. The molecule has 0 aromatic carbocycles. The summed E-state index contributed by atoms with van der Waals surface area (Å²) in [4.78, 5) is 23.9. The van der Waals surface area contributed by atoms with E-state index in [1.54, 1.807) is 34.6 Å². The lowest BCUT2D eigenvalue weighted by atomic mass is 10.0. The van der Waals surface area contributed by atoms with Crippen molar-refractivity contribution in [1.29, 1.82) is 0 Å². The van der Waals surface area contributed by atoms with Crippen LogP contribution in [0.5, 0.6) is 0 Å². The lowest BCUT2D eigenvalue weighted by Gasteiger charge is -2.25. The minimum absolute atomic E-state index is 0.0189. The Kier molecular flexibility index (Phi) is 10.3. The summed E-state index contributed by atoms with van der Waals surface area (Å²) >= 11 is 0. The highest BCUT2D eigenvalue weighted by molar-refractivity contribution is 7.54. The summed E-state index contributed by atoms with van der Waals surface area (Å²) in [6, 6.07) is 0. The van der Waals surface area contributed by atoms with E-state index in [2.05, 4.69) is 0 Å². The SMILES string of the molecule is CCOC(=O)C(CC(C)P(=O)(OCC)OCC)C(=O)OCC. The molecular weight excluding hydrogens is 311 g/mol. The minimum Gasteiger partial charge on any atom is -0.465 e. The molecule has 0 aromatic heterocycles. The first-order valence-electron chi connectivity index (χ1n) is 7.58. The molecule has 0 saturated heterocycles. The molecule has 1 atom stereocenters. The molecule has 0 amide bonds. The summed E-state index contributed by atoms with van der Waals surface area (Å²) in [7, 11) is -3.40. The predicted molar refractivity (Wildman–Crippen MR) is 81.7 cm³/mol. The summed E-state index contributed by atoms with van der Waals surface area (Å²) in [6.07, 6.45) is -0.0189. The van der Waals surface area contributed by atoms with Crippen LogP contribution in [0, 0.1) is 5.92 Å². The van der Waals surface area contributed by atoms with Gasteiger partial charge in [-0.05, 0) is 34.1 Å². The zero-order valence-electron chi connectivity index (χ0n) is 14.0. The molecule has 1 unspecified atom stereocenters. The van der Waals surface area contributed by atoms with Crippen molar-refractivity contribution < 1.29 is 32.7 Å². The second-order valence-electron chi connectivity index (χ2n) is 4.52. The molecule has 0 fully saturated rings. The molecule has 0 aliphatic rings. The van der Waals surface area contributed by atoms with Gasteiger partial charge in [-0.1, -0.05) is 6.92 Å². The van der Waals surface area contributed by atoms with Crippen molar-refractivity contribution in [2.45, 2.75) is 46.7 Å². The molecule has 0 radical (unpaired) electrons. The van der Waals surface area contributed by atoms with Gasteiger partial charge < -0.3 is 18.5 Å². The van der Waals surface area contributed by atoms with Crippen molar-refractivity contribution in [2.24, 2.45) is 5.92 Å². The van der Waals surface area contributed by atoms with Gasteiger partial charge in [0.25, 0.3) is 0 Å². The van der Waals surface area contributed by atoms with Crippen LogP contribution < -0.4 is 0 Å². The van der Waals surface area contributed by atoms with E-state index in [9.17, 15) is 14.2 Å². The van der Waals surface area contributed by atoms with Gasteiger partial charge >= 0.3 is 19.5 Å². The van der Waals surface area contributed by atoms with Crippen LogP contribution >= 0.6 is 7.60 Å². The Morgan fingerprint density at radius 2 is 1.27 bits per heavy atom. The van der Waals surface area contributed by atoms with Gasteiger partial charge in [-0.2, -0.15) is 0 Å². The van der Waals surface area contributed by atoms with Crippen LogP contribution in [0.2, 0.25) is 0 Å². The fourth-order valence-corrected chi connectivity index (χ4v) is 3.67. The lowest BCUT2D eigenvalue weighted by Crippen LogP contribution is -2.31. The largest absolute Gasteiger partial charge is 0.465 e. The topological polar surface area (TPSA) is 88.1 Å². The van der Waals surface area contributed by atoms with Crippen molar-refractivity contribution in [3.8, 4) is 0 Å². The third kappa shape index (κ3) is 6.46. The van der Waals surface area contributed by atoms with Gasteiger partial charge in [0, 0.05) is 0 Å². The van der Waals surface area contributed by atoms with Crippen molar-refractivity contribution in [3.63, 3.8) is 0 Å². The second-order valence-corrected chi connectivity index (χ2v) is 6.99. The molecule has 0 saturated carbocycles. The summed E-state index contributed by atoms with van der Waals surface area (Å²) in [5, 5.41) is 0. The molecule has 8 heteroatoms. The van der Waals surface area contributed by atoms with Crippen LogP contribution in [0.4, 0.5) is 0 Å². The van der Waals surface area contributed by atoms with Crippen LogP contribution in [-0.4, -0.2) is 44.0 Å². The summed E-state index contributed by atoms with van der Waals surface area (Å²) < 4.78 is 32.9. The first-order chi connectivity index (χ1) is 10.4. The van der Waals surface area contributed by atoms with Crippen LogP contribution in [-0.2, 0) is 32.7 Å². The minimum atomic E-state index is -3.40. The van der Waals surface area contributed by atoms with Gasteiger partial charge in [0.1, 0.15) is 0 Å². The molecule has 0 bridgehead atoms. The molecule has 0 rings (SSSR count). The van der Waals surface area contributed by atoms with Crippen LogP contribution in [0.1, 0.15) is 41.0 Å². The zero-order valence-corrected chi connectivity index (χ0v) is 14.9. The molecule has 7 nitrogen and oxygen atoms in total. The Balaban J connectivity index is 5.13. The van der Waals surface area contributed by atoms with Gasteiger partial charge in [0.2, 0.25) is 0 Å². The van der Waals surface area contributed by atoms with E-state index in [-0.39, 0.29) is 32.8 Å². The number of hydrogen-bond acceptors (Lipinski definition) is 7. The summed E-state index contributed by atoms with van der Waals surface area (Å²) in [6.45, 7) is 9.05. The molecular formula is C14H27O7P. The molecule has 130 valence electrons. The fraction of sp³-hybridized carbons (Fsp3) is 0.857. The average Bonchev–Trinajstić information content (AvgIpc) is 2.45. The zero-order chi connectivity index (χ0) is 17.2. The highest BCUT2D eigenvalue weighted by atomic mass is 31.2.